The summed E-state index contributed by atoms with van der Waals surface area (Å²) in [5.74, 6) is 1.39. The first-order valence-electron chi connectivity index (χ1n) is 6.65. The van der Waals surface area contributed by atoms with Gasteiger partial charge in [-0.25, -0.2) is 9.97 Å². The highest BCUT2D eigenvalue weighted by molar-refractivity contribution is 5.83. The normalized spacial score (nSPS) is 11.8. The maximum Gasteiger partial charge on any atom is 0.244 e. The fourth-order valence-corrected chi connectivity index (χ4v) is 1.93. The molecule has 1 amide bonds. The Morgan fingerprint density at radius 1 is 1.24 bits per heavy atom. The molecule has 0 fully saturated rings. The first kappa shape index (κ1) is 14.8. The van der Waals surface area contributed by atoms with E-state index >= 15 is 0 Å². The fourth-order valence-electron chi connectivity index (χ4n) is 1.93. The van der Waals surface area contributed by atoms with E-state index < -0.39 is 6.04 Å². The highest BCUT2D eigenvalue weighted by atomic mass is 16.2. The summed E-state index contributed by atoms with van der Waals surface area (Å²) >= 11 is 0. The Balaban J connectivity index is 2.26. The first-order valence-corrected chi connectivity index (χ1v) is 6.65. The largest absolute Gasteiger partial charge is 0.384 e. The van der Waals surface area contributed by atoms with Crippen LogP contribution in [0.5, 0.6) is 0 Å². The minimum Gasteiger partial charge on any atom is -0.384 e. The zero-order valence-electron chi connectivity index (χ0n) is 12.4. The number of hydrogen-bond donors (Lipinski definition) is 2. The minimum absolute atomic E-state index is 0.0338. The van der Waals surface area contributed by atoms with Crippen LogP contribution in [0.1, 0.15) is 6.92 Å². The van der Waals surface area contributed by atoms with Crippen molar-refractivity contribution in [2.24, 2.45) is 0 Å². The molecule has 21 heavy (non-hydrogen) atoms. The van der Waals surface area contributed by atoms with Gasteiger partial charge < -0.3 is 16.0 Å². The van der Waals surface area contributed by atoms with E-state index in [4.69, 9.17) is 5.73 Å². The number of rotatable bonds is 4. The Bertz CT molecular complexity index is 627. The average Bonchev–Trinajstić information content (AvgIpc) is 2.46. The molecule has 1 heterocycles. The van der Waals surface area contributed by atoms with E-state index in [1.54, 1.807) is 27.1 Å². The number of anilines is 2. The van der Waals surface area contributed by atoms with Crippen LogP contribution in [-0.2, 0) is 4.79 Å². The average molecular weight is 285 g/mol. The van der Waals surface area contributed by atoms with E-state index in [9.17, 15) is 4.79 Å². The molecule has 0 saturated heterocycles. The number of likely N-dealkylation sites (N-methyl/N-ethyl adjacent to an activating group) is 1. The van der Waals surface area contributed by atoms with Gasteiger partial charge in [0.15, 0.2) is 5.82 Å². The van der Waals surface area contributed by atoms with Crippen LogP contribution in [0.3, 0.4) is 0 Å². The van der Waals surface area contributed by atoms with Crippen LogP contribution in [0.2, 0.25) is 0 Å². The van der Waals surface area contributed by atoms with Gasteiger partial charge in [-0.15, -0.1) is 0 Å². The molecule has 110 valence electrons. The molecule has 3 N–H and O–H groups in total. The second-order valence-electron chi connectivity index (χ2n) is 4.97. The first-order chi connectivity index (χ1) is 9.97. The van der Waals surface area contributed by atoms with Crippen LogP contribution < -0.4 is 11.1 Å². The molecule has 1 atom stereocenters. The number of benzene rings is 1. The monoisotopic (exact) mass is 285 g/mol. The summed E-state index contributed by atoms with van der Waals surface area (Å²) in [6.45, 7) is 1.78. The molecule has 0 saturated carbocycles. The van der Waals surface area contributed by atoms with Crippen molar-refractivity contribution in [3.63, 3.8) is 0 Å². The van der Waals surface area contributed by atoms with Crippen molar-refractivity contribution in [3.8, 4) is 11.4 Å². The zero-order valence-corrected chi connectivity index (χ0v) is 12.4. The highest BCUT2D eigenvalue weighted by Gasteiger charge is 2.15. The van der Waals surface area contributed by atoms with Crippen LogP contribution in [0, 0.1) is 0 Å². The predicted molar refractivity (Wildman–Crippen MR) is 83.7 cm³/mol. The van der Waals surface area contributed by atoms with Crippen LogP contribution in [0.15, 0.2) is 36.4 Å². The number of hydrogen-bond acceptors (Lipinski definition) is 5. The van der Waals surface area contributed by atoms with Gasteiger partial charge in [-0.05, 0) is 6.92 Å². The lowest BCUT2D eigenvalue weighted by Crippen LogP contribution is -2.36. The van der Waals surface area contributed by atoms with Crippen molar-refractivity contribution in [2.75, 3.05) is 25.1 Å². The number of nitrogen functional groups attached to an aromatic ring is 1. The van der Waals surface area contributed by atoms with Gasteiger partial charge in [-0.1, -0.05) is 30.3 Å². The van der Waals surface area contributed by atoms with Crippen LogP contribution in [-0.4, -0.2) is 40.9 Å². The third-order valence-electron chi connectivity index (χ3n) is 2.95. The number of carbonyl (C=O) groups excluding carboxylic acids is 1. The standard InChI is InChI=1S/C15H19N5O/c1-10(15(21)20(2)3)17-13-9-12(16)18-14(19-13)11-7-5-4-6-8-11/h4-10H,1-3H3,(H3,16,17,18,19). The van der Waals surface area contributed by atoms with Gasteiger partial charge in [0, 0.05) is 25.7 Å². The van der Waals surface area contributed by atoms with Crippen molar-refractivity contribution in [1.82, 2.24) is 14.9 Å². The Kier molecular flexibility index (Phi) is 4.37. The lowest BCUT2D eigenvalue weighted by atomic mass is 10.2. The molecule has 2 rings (SSSR count). The van der Waals surface area contributed by atoms with Crippen molar-refractivity contribution >= 4 is 17.5 Å². The third kappa shape index (κ3) is 3.68. The Morgan fingerprint density at radius 3 is 2.52 bits per heavy atom. The van der Waals surface area contributed by atoms with E-state index in [0.29, 0.717) is 17.5 Å². The van der Waals surface area contributed by atoms with Gasteiger partial charge in [0.1, 0.15) is 17.7 Å². The molecule has 1 aromatic carbocycles. The quantitative estimate of drug-likeness (QED) is 0.891. The fraction of sp³-hybridized carbons (Fsp3) is 0.267. The molecule has 0 spiro atoms. The summed E-state index contributed by atoms with van der Waals surface area (Å²) in [6.07, 6.45) is 0. The molecule has 6 heteroatoms. The van der Waals surface area contributed by atoms with Crippen LogP contribution in [0.4, 0.5) is 11.6 Å². The summed E-state index contributed by atoms with van der Waals surface area (Å²) in [5, 5.41) is 3.05. The maximum absolute atomic E-state index is 11.9. The molecule has 2 aromatic rings. The van der Waals surface area contributed by atoms with E-state index in [2.05, 4.69) is 15.3 Å². The van der Waals surface area contributed by atoms with E-state index in [-0.39, 0.29) is 5.91 Å². The number of nitrogens with zero attached hydrogens (tertiary/aromatic N) is 3. The molecule has 0 aliphatic carbocycles. The maximum atomic E-state index is 11.9. The lowest BCUT2D eigenvalue weighted by molar-refractivity contribution is -0.129. The highest BCUT2D eigenvalue weighted by Crippen LogP contribution is 2.19. The molecule has 0 aliphatic heterocycles. The molecule has 0 radical (unpaired) electrons. The van der Waals surface area contributed by atoms with Crippen molar-refractivity contribution < 1.29 is 4.79 Å². The molecule has 6 nitrogen and oxygen atoms in total. The van der Waals surface area contributed by atoms with Crippen molar-refractivity contribution in [1.29, 1.82) is 0 Å². The topological polar surface area (TPSA) is 84.1 Å². The van der Waals surface area contributed by atoms with Crippen molar-refractivity contribution in [3.05, 3.63) is 36.4 Å². The van der Waals surface area contributed by atoms with E-state index in [1.165, 1.54) is 4.90 Å². The number of nitrogens with two attached hydrogens (primary N) is 1. The summed E-state index contributed by atoms with van der Waals surface area (Å²) in [5.41, 5.74) is 6.70. The van der Waals surface area contributed by atoms with Gasteiger partial charge in [0.25, 0.3) is 0 Å². The van der Waals surface area contributed by atoms with Gasteiger partial charge in [0.05, 0.1) is 0 Å². The molecule has 0 bridgehead atoms. The molecule has 0 aliphatic rings. The lowest BCUT2D eigenvalue weighted by Gasteiger charge is -2.18. The van der Waals surface area contributed by atoms with Gasteiger partial charge in [-0.2, -0.15) is 0 Å². The Morgan fingerprint density at radius 2 is 1.90 bits per heavy atom. The summed E-state index contributed by atoms with van der Waals surface area (Å²) < 4.78 is 0. The predicted octanol–water partition coefficient (Wildman–Crippen LogP) is 1.61. The van der Waals surface area contributed by atoms with Gasteiger partial charge in [0.2, 0.25) is 5.91 Å². The summed E-state index contributed by atoms with van der Waals surface area (Å²) in [7, 11) is 3.43. The molecular weight excluding hydrogens is 266 g/mol. The minimum atomic E-state index is -0.391. The van der Waals surface area contributed by atoms with Gasteiger partial charge >= 0.3 is 0 Å². The summed E-state index contributed by atoms with van der Waals surface area (Å²) in [4.78, 5) is 22.0. The molecule has 1 aromatic heterocycles. The Hall–Kier alpha value is -2.63. The third-order valence-corrected chi connectivity index (χ3v) is 2.95. The number of amides is 1. The SMILES string of the molecule is CC(Nc1cc(N)nc(-c2ccccc2)n1)C(=O)N(C)C. The van der Waals surface area contributed by atoms with E-state index in [1.807, 2.05) is 30.3 Å². The zero-order chi connectivity index (χ0) is 15.4. The van der Waals surface area contributed by atoms with Crippen molar-refractivity contribution in [2.45, 2.75) is 13.0 Å². The second kappa shape index (κ2) is 6.21. The summed E-state index contributed by atoms with van der Waals surface area (Å²) in [6, 6.07) is 10.8. The number of nitrogens with one attached hydrogen (secondary N) is 1. The number of aromatic nitrogens is 2. The number of carbonyl (C=O) groups is 1. The van der Waals surface area contributed by atoms with Crippen LogP contribution >= 0.6 is 0 Å². The smallest absolute Gasteiger partial charge is 0.244 e. The van der Waals surface area contributed by atoms with Gasteiger partial charge in [-0.3, -0.25) is 4.79 Å². The van der Waals surface area contributed by atoms with E-state index in [0.717, 1.165) is 5.56 Å². The van der Waals surface area contributed by atoms with Crippen LogP contribution in [0.25, 0.3) is 11.4 Å². The second-order valence-corrected chi connectivity index (χ2v) is 4.97. The Labute approximate surface area is 124 Å². The molecular formula is C15H19N5O. The molecule has 1 unspecified atom stereocenters.